The van der Waals surface area contributed by atoms with Crippen LogP contribution in [-0.4, -0.2) is 17.4 Å². The number of pyridine rings is 1. The van der Waals surface area contributed by atoms with Gasteiger partial charge in [0.2, 0.25) is 0 Å². The Morgan fingerprint density at radius 2 is 1.85 bits per heavy atom. The van der Waals surface area contributed by atoms with Gasteiger partial charge in [0.1, 0.15) is 5.82 Å². The molecule has 0 aliphatic carbocycles. The summed E-state index contributed by atoms with van der Waals surface area (Å²) in [6.07, 6.45) is 2.57. The third-order valence-corrected chi connectivity index (χ3v) is 3.00. The van der Waals surface area contributed by atoms with E-state index < -0.39 is 0 Å². The van der Waals surface area contributed by atoms with Crippen molar-refractivity contribution in [1.29, 1.82) is 0 Å². The Morgan fingerprint density at radius 1 is 1.10 bits per heavy atom. The fourth-order valence-corrected chi connectivity index (χ4v) is 1.84. The highest BCUT2D eigenvalue weighted by atomic mass is 16.1. The number of carbonyl (C=O) groups excluding carboxylic acids is 1. The summed E-state index contributed by atoms with van der Waals surface area (Å²) in [5.74, 6) is 0.626. The van der Waals surface area contributed by atoms with Crippen molar-refractivity contribution < 1.29 is 4.79 Å². The number of nitrogens with zero attached hydrogens (tertiary/aromatic N) is 1. The van der Waals surface area contributed by atoms with Crippen LogP contribution in [0.4, 0.5) is 11.5 Å². The largest absolute Gasteiger partial charge is 0.370 e. The van der Waals surface area contributed by atoms with Crippen LogP contribution in [-0.2, 0) is 6.42 Å². The van der Waals surface area contributed by atoms with Crippen molar-refractivity contribution in [2.75, 3.05) is 17.2 Å². The fourth-order valence-electron chi connectivity index (χ4n) is 1.84. The smallest absolute Gasteiger partial charge is 0.257 e. The summed E-state index contributed by atoms with van der Waals surface area (Å²) in [5.41, 5.74) is 2.59. The average molecular weight is 269 g/mol. The predicted octanol–water partition coefficient (Wildman–Crippen LogP) is 3.33. The van der Waals surface area contributed by atoms with Gasteiger partial charge in [-0.1, -0.05) is 19.1 Å². The first-order chi connectivity index (χ1) is 9.72. The summed E-state index contributed by atoms with van der Waals surface area (Å²) in [5, 5.41) is 5.95. The second-order valence-electron chi connectivity index (χ2n) is 4.47. The molecule has 0 saturated carbocycles. The zero-order valence-corrected chi connectivity index (χ0v) is 11.8. The maximum absolute atomic E-state index is 12.1. The first-order valence-electron chi connectivity index (χ1n) is 6.83. The lowest BCUT2D eigenvalue weighted by atomic mass is 10.1. The highest BCUT2D eigenvalue weighted by Crippen LogP contribution is 2.12. The summed E-state index contributed by atoms with van der Waals surface area (Å²) in [6.45, 7) is 4.91. The number of nitrogens with one attached hydrogen (secondary N) is 2. The van der Waals surface area contributed by atoms with E-state index in [2.05, 4.69) is 22.5 Å². The Bertz CT molecular complexity index is 561. The quantitative estimate of drug-likeness (QED) is 0.875. The molecular formula is C16H19N3O. The van der Waals surface area contributed by atoms with E-state index in [-0.39, 0.29) is 5.91 Å². The summed E-state index contributed by atoms with van der Waals surface area (Å²) >= 11 is 0. The normalized spacial score (nSPS) is 10.1. The minimum absolute atomic E-state index is 0.148. The van der Waals surface area contributed by atoms with Gasteiger partial charge in [-0.2, -0.15) is 0 Å². The second kappa shape index (κ2) is 6.70. The van der Waals surface area contributed by atoms with Crippen LogP contribution in [0, 0.1) is 0 Å². The molecule has 1 amide bonds. The molecule has 1 heterocycles. The van der Waals surface area contributed by atoms with Crippen LogP contribution >= 0.6 is 0 Å². The van der Waals surface area contributed by atoms with Gasteiger partial charge in [0.05, 0.1) is 5.56 Å². The molecule has 104 valence electrons. The molecule has 0 atom stereocenters. The van der Waals surface area contributed by atoms with Crippen molar-refractivity contribution in [3.8, 4) is 0 Å². The highest BCUT2D eigenvalue weighted by Gasteiger charge is 2.06. The van der Waals surface area contributed by atoms with Crippen molar-refractivity contribution in [2.45, 2.75) is 20.3 Å². The molecule has 0 unspecified atom stereocenters. The molecule has 1 aromatic carbocycles. The number of carbonyl (C=O) groups is 1. The molecule has 1 aromatic heterocycles. The van der Waals surface area contributed by atoms with Crippen LogP contribution in [0.25, 0.3) is 0 Å². The number of hydrogen-bond acceptors (Lipinski definition) is 3. The Kier molecular flexibility index (Phi) is 4.71. The third-order valence-electron chi connectivity index (χ3n) is 3.00. The van der Waals surface area contributed by atoms with Gasteiger partial charge in [-0.05, 0) is 43.2 Å². The molecule has 0 aliphatic heterocycles. The molecule has 0 radical (unpaired) electrons. The van der Waals surface area contributed by atoms with Crippen LogP contribution < -0.4 is 10.6 Å². The maximum Gasteiger partial charge on any atom is 0.257 e. The summed E-state index contributed by atoms with van der Waals surface area (Å²) < 4.78 is 0. The van der Waals surface area contributed by atoms with Gasteiger partial charge >= 0.3 is 0 Å². The van der Waals surface area contributed by atoms with Crippen LogP contribution in [0.5, 0.6) is 0 Å². The number of anilines is 2. The molecule has 2 rings (SSSR count). The Hall–Kier alpha value is -2.36. The van der Waals surface area contributed by atoms with Crippen LogP contribution in [0.2, 0.25) is 0 Å². The fraction of sp³-hybridized carbons (Fsp3) is 0.250. The monoisotopic (exact) mass is 269 g/mol. The van der Waals surface area contributed by atoms with Gasteiger partial charge in [-0.3, -0.25) is 4.79 Å². The maximum atomic E-state index is 12.1. The first kappa shape index (κ1) is 14.1. The molecule has 4 nitrogen and oxygen atoms in total. The van der Waals surface area contributed by atoms with Gasteiger partial charge in [0.25, 0.3) is 5.91 Å². The van der Waals surface area contributed by atoms with Gasteiger partial charge in [-0.15, -0.1) is 0 Å². The SMILES string of the molecule is CCNc1ccc(C(=O)Nc2ccc(CC)cc2)cn1. The van der Waals surface area contributed by atoms with Crippen LogP contribution in [0.1, 0.15) is 29.8 Å². The second-order valence-corrected chi connectivity index (χ2v) is 4.47. The van der Waals surface area contributed by atoms with Crippen molar-refractivity contribution in [2.24, 2.45) is 0 Å². The van der Waals surface area contributed by atoms with E-state index in [1.807, 2.05) is 31.2 Å². The minimum Gasteiger partial charge on any atom is -0.370 e. The van der Waals surface area contributed by atoms with E-state index in [9.17, 15) is 4.79 Å². The molecule has 4 heteroatoms. The van der Waals surface area contributed by atoms with Crippen molar-refractivity contribution >= 4 is 17.4 Å². The zero-order valence-electron chi connectivity index (χ0n) is 11.8. The van der Waals surface area contributed by atoms with E-state index in [0.717, 1.165) is 24.5 Å². The number of benzene rings is 1. The van der Waals surface area contributed by atoms with Crippen molar-refractivity contribution in [3.63, 3.8) is 0 Å². The van der Waals surface area contributed by atoms with Crippen molar-refractivity contribution in [3.05, 3.63) is 53.7 Å². The first-order valence-corrected chi connectivity index (χ1v) is 6.83. The highest BCUT2D eigenvalue weighted by molar-refractivity contribution is 6.04. The summed E-state index contributed by atoms with van der Waals surface area (Å²) in [7, 11) is 0. The average Bonchev–Trinajstić information content (AvgIpc) is 2.49. The Morgan fingerprint density at radius 3 is 2.40 bits per heavy atom. The minimum atomic E-state index is -0.148. The number of aromatic nitrogens is 1. The molecule has 2 N–H and O–H groups in total. The van der Waals surface area contributed by atoms with Crippen LogP contribution in [0.3, 0.4) is 0 Å². The van der Waals surface area contributed by atoms with E-state index in [0.29, 0.717) is 5.56 Å². The number of aryl methyl sites for hydroxylation is 1. The Balaban J connectivity index is 2.03. The lowest BCUT2D eigenvalue weighted by molar-refractivity contribution is 0.102. The molecule has 0 bridgehead atoms. The van der Waals surface area contributed by atoms with Gasteiger partial charge < -0.3 is 10.6 Å². The predicted molar refractivity (Wildman–Crippen MR) is 82.2 cm³/mol. The number of rotatable bonds is 5. The van der Waals surface area contributed by atoms with E-state index >= 15 is 0 Å². The molecule has 2 aromatic rings. The van der Waals surface area contributed by atoms with Gasteiger partial charge in [-0.25, -0.2) is 4.98 Å². The number of hydrogen-bond donors (Lipinski definition) is 2. The molecule has 20 heavy (non-hydrogen) atoms. The number of amides is 1. The topological polar surface area (TPSA) is 54.0 Å². The standard InChI is InChI=1S/C16H19N3O/c1-3-12-5-8-14(9-6-12)19-16(20)13-7-10-15(17-4-2)18-11-13/h5-11H,3-4H2,1-2H3,(H,17,18)(H,19,20). The Labute approximate surface area is 119 Å². The molecule has 0 spiro atoms. The van der Waals surface area contributed by atoms with E-state index in [1.54, 1.807) is 18.3 Å². The molecule has 0 saturated heterocycles. The van der Waals surface area contributed by atoms with Crippen LogP contribution in [0.15, 0.2) is 42.6 Å². The zero-order chi connectivity index (χ0) is 14.4. The third kappa shape index (κ3) is 3.57. The van der Waals surface area contributed by atoms with E-state index in [4.69, 9.17) is 0 Å². The van der Waals surface area contributed by atoms with Gasteiger partial charge in [0, 0.05) is 18.4 Å². The van der Waals surface area contributed by atoms with Gasteiger partial charge in [0.15, 0.2) is 0 Å². The van der Waals surface area contributed by atoms with Crippen molar-refractivity contribution in [1.82, 2.24) is 4.98 Å². The summed E-state index contributed by atoms with van der Waals surface area (Å²) in [4.78, 5) is 16.3. The lowest BCUT2D eigenvalue weighted by Crippen LogP contribution is -2.12. The van der Waals surface area contributed by atoms with E-state index in [1.165, 1.54) is 5.56 Å². The molecular weight excluding hydrogens is 250 g/mol. The summed E-state index contributed by atoms with van der Waals surface area (Å²) in [6, 6.07) is 11.4. The lowest BCUT2D eigenvalue weighted by Gasteiger charge is -2.07. The molecule has 0 aliphatic rings. The molecule has 0 fully saturated rings.